The number of alkyl halides is 3. The number of benzene rings is 2. The van der Waals surface area contributed by atoms with E-state index in [1.54, 1.807) is 6.07 Å². The smallest absolute Gasteiger partial charge is 0.489 e. The minimum Gasteiger partial charge on any atom is -0.489 e. The van der Waals surface area contributed by atoms with Crippen molar-refractivity contribution in [3.63, 3.8) is 0 Å². The van der Waals surface area contributed by atoms with Crippen molar-refractivity contribution in [3.05, 3.63) is 59.5 Å². The molecule has 4 rings (SSSR count). The molecular weight excluding hydrogens is 557 g/mol. The summed E-state index contributed by atoms with van der Waals surface area (Å²) < 4.78 is 61.1. The number of hydrogen-bond donors (Lipinski definition) is 4. The first-order chi connectivity index (χ1) is 18.2. The maximum Gasteiger partial charge on any atom is 0.490 e. The summed E-state index contributed by atoms with van der Waals surface area (Å²) >= 11 is 1.43. The van der Waals surface area contributed by atoms with Gasteiger partial charge in [-0.15, -0.1) is 11.3 Å². The highest BCUT2D eigenvalue weighted by molar-refractivity contribution is 7.89. The van der Waals surface area contributed by atoms with Crippen molar-refractivity contribution in [1.82, 2.24) is 10.3 Å². The largest absolute Gasteiger partial charge is 0.490 e. The summed E-state index contributed by atoms with van der Waals surface area (Å²) in [6.45, 7) is 5.72. The molecule has 1 aliphatic heterocycles. The molecule has 0 unspecified atom stereocenters. The van der Waals surface area contributed by atoms with Gasteiger partial charge in [0, 0.05) is 17.5 Å². The van der Waals surface area contributed by atoms with Crippen LogP contribution in [0.25, 0.3) is 16.8 Å². The number of ether oxygens (including phenoxy) is 1. The predicted molar refractivity (Wildman–Crippen MR) is 144 cm³/mol. The third-order valence-corrected chi connectivity index (χ3v) is 6.91. The summed E-state index contributed by atoms with van der Waals surface area (Å²) in [6, 6.07) is 12.9. The van der Waals surface area contributed by atoms with Gasteiger partial charge in [-0.25, -0.2) is 23.3 Å². The van der Waals surface area contributed by atoms with Crippen LogP contribution in [0.3, 0.4) is 0 Å². The molecule has 5 N–H and O–H groups in total. The highest BCUT2D eigenvalue weighted by atomic mass is 32.2. The van der Waals surface area contributed by atoms with E-state index in [1.807, 2.05) is 19.2 Å². The number of primary sulfonamides is 1. The highest BCUT2D eigenvalue weighted by Crippen LogP contribution is 2.34. The number of thiazole rings is 1. The van der Waals surface area contributed by atoms with E-state index in [4.69, 9.17) is 19.8 Å². The monoisotopic (exact) mass is 584 g/mol. The Kier molecular flexibility index (Phi) is 9.72. The lowest BCUT2D eigenvalue weighted by Crippen LogP contribution is -2.21. The van der Waals surface area contributed by atoms with Crippen molar-refractivity contribution in [1.29, 1.82) is 0 Å². The summed E-state index contributed by atoms with van der Waals surface area (Å²) in [5.41, 5.74) is 4.96. The Hall–Kier alpha value is -3.46. The molecule has 0 bridgehead atoms. The fourth-order valence-corrected chi connectivity index (χ4v) is 4.73. The normalized spacial score (nSPS) is 13.8. The average Bonchev–Trinajstić information content (AvgIpc) is 3.33. The zero-order chi connectivity index (χ0) is 28.8. The Balaban J connectivity index is 0.000000532. The van der Waals surface area contributed by atoms with Crippen LogP contribution in [0.4, 0.5) is 24.0 Å². The number of nitrogens with one attached hydrogen (secondary N) is 2. The molecule has 0 fully saturated rings. The number of hydrogen-bond acceptors (Lipinski definition) is 8. The predicted octanol–water partition coefficient (Wildman–Crippen LogP) is 5.00. The van der Waals surface area contributed by atoms with Crippen molar-refractivity contribution < 1.29 is 36.2 Å². The highest BCUT2D eigenvalue weighted by Gasteiger charge is 2.38. The van der Waals surface area contributed by atoms with E-state index >= 15 is 0 Å². The van der Waals surface area contributed by atoms with E-state index in [-0.39, 0.29) is 11.0 Å². The lowest BCUT2D eigenvalue weighted by molar-refractivity contribution is -0.192. The molecule has 1 aromatic heterocycles. The van der Waals surface area contributed by atoms with Crippen molar-refractivity contribution in [2.75, 3.05) is 18.4 Å². The number of anilines is 2. The fourth-order valence-electron chi connectivity index (χ4n) is 3.46. The maximum absolute atomic E-state index is 11.8. The first-order valence-corrected chi connectivity index (χ1v) is 14.0. The van der Waals surface area contributed by atoms with Crippen LogP contribution in [0.1, 0.15) is 25.8 Å². The summed E-state index contributed by atoms with van der Waals surface area (Å²) in [4.78, 5) is 13.6. The molecule has 2 aromatic carbocycles. The quantitative estimate of drug-likeness (QED) is 0.304. The van der Waals surface area contributed by atoms with Gasteiger partial charge in [-0.05, 0) is 56.1 Å². The van der Waals surface area contributed by atoms with Gasteiger partial charge in [-0.2, -0.15) is 13.2 Å². The number of sulfonamides is 1. The SMILES string of the molecule is CC(C)Oc1ccc(S(N)(=O)=O)cc1Nc1nc(-c2ccc(C3=CCNCC3)cc2)cs1.O=C(O)C(F)(F)F. The Labute approximate surface area is 227 Å². The van der Waals surface area contributed by atoms with Crippen LogP contribution >= 0.6 is 11.3 Å². The number of carboxylic acid groups (broad SMARTS) is 1. The summed E-state index contributed by atoms with van der Waals surface area (Å²) in [5, 5.41) is 21.5. The molecule has 0 radical (unpaired) electrons. The molecular formula is C25H27F3N4O5S2. The minimum atomic E-state index is -5.08. The van der Waals surface area contributed by atoms with Gasteiger partial charge in [0.05, 0.1) is 22.4 Å². The van der Waals surface area contributed by atoms with Crippen molar-refractivity contribution in [2.24, 2.45) is 5.14 Å². The molecule has 0 saturated heterocycles. The number of halogens is 3. The van der Waals surface area contributed by atoms with Crippen molar-refractivity contribution in [3.8, 4) is 17.0 Å². The molecule has 39 heavy (non-hydrogen) atoms. The number of aromatic nitrogens is 1. The molecule has 0 atom stereocenters. The number of rotatable bonds is 7. The van der Waals surface area contributed by atoms with E-state index < -0.39 is 22.2 Å². The summed E-state index contributed by atoms with van der Waals surface area (Å²) in [6.07, 6.45) is -1.89. The third kappa shape index (κ3) is 8.78. The van der Waals surface area contributed by atoms with E-state index in [1.165, 1.54) is 34.6 Å². The third-order valence-electron chi connectivity index (χ3n) is 5.25. The standard InChI is InChI=1S/C23H26N4O3S2.C2HF3O2/c1-15(2)30-22-8-7-19(32(24,28)29)13-20(22)26-23-27-21(14-31-23)18-5-3-16(4-6-18)17-9-11-25-12-10-17;3-2(4,5)1(6)7/h3-9,13-15,25H,10-12H2,1-2H3,(H,26,27)(H2,24,28,29);(H,6,7). The van der Waals surface area contributed by atoms with Gasteiger partial charge >= 0.3 is 12.1 Å². The molecule has 3 aromatic rings. The first-order valence-electron chi connectivity index (χ1n) is 11.6. The number of carbonyl (C=O) groups is 1. The average molecular weight is 585 g/mol. The number of aliphatic carboxylic acids is 1. The van der Waals surface area contributed by atoms with Gasteiger partial charge in [-0.1, -0.05) is 30.3 Å². The molecule has 2 heterocycles. The van der Waals surface area contributed by atoms with Crippen LogP contribution in [-0.2, 0) is 14.8 Å². The van der Waals surface area contributed by atoms with E-state index in [0.717, 1.165) is 30.8 Å². The van der Waals surface area contributed by atoms with Crippen LogP contribution in [0, 0.1) is 0 Å². The molecule has 0 saturated carbocycles. The van der Waals surface area contributed by atoms with E-state index in [9.17, 15) is 21.6 Å². The zero-order valence-electron chi connectivity index (χ0n) is 20.9. The van der Waals surface area contributed by atoms with Crippen molar-refractivity contribution >= 4 is 43.7 Å². The van der Waals surface area contributed by atoms with Crippen molar-refractivity contribution in [2.45, 2.75) is 37.4 Å². The maximum atomic E-state index is 11.8. The molecule has 14 heteroatoms. The second kappa shape index (κ2) is 12.6. The Bertz CT molecular complexity index is 1440. The summed E-state index contributed by atoms with van der Waals surface area (Å²) in [5.74, 6) is -2.23. The first kappa shape index (κ1) is 30.1. The molecule has 0 spiro atoms. The van der Waals surface area contributed by atoms with Crippen LogP contribution in [0.5, 0.6) is 5.75 Å². The molecule has 0 amide bonds. The van der Waals surface area contributed by atoms with E-state index in [2.05, 4.69) is 46.0 Å². The summed E-state index contributed by atoms with van der Waals surface area (Å²) in [7, 11) is -3.84. The number of carboxylic acids is 1. The van der Waals surface area contributed by atoms with Crippen LogP contribution < -0.4 is 20.5 Å². The van der Waals surface area contributed by atoms with Crippen LogP contribution in [0.2, 0.25) is 0 Å². The molecule has 9 nitrogen and oxygen atoms in total. The second-order valence-corrected chi connectivity index (χ2v) is 11.0. The minimum absolute atomic E-state index is 0.00990. The Morgan fingerprint density at radius 1 is 1.18 bits per heavy atom. The molecule has 1 aliphatic rings. The van der Waals surface area contributed by atoms with Crippen LogP contribution in [-0.4, -0.2) is 49.8 Å². The number of nitrogens with zero attached hydrogens (tertiary/aromatic N) is 1. The second-order valence-electron chi connectivity index (χ2n) is 8.60. The lowest BCUT2D eigenvalue weighted by Gasteiger charge is -2.15. The van der Waals surface area contributed by atoms with Crippen LogP contribution in [0.15, 0.2) is 58.8 Å². The van der Waals surface area contributed by atoms with Gasteiger partial charge in [0.2, 0.25) is 10.0 Å². The van der Waals surface area contributed by atoms with Gasteiger partial charge in [0.25, 0.3) is 0 Å². The lowest BCUT2D eigenvalue weighted by atomic mass is 9.99. The topological polar surface area (TPSA) is 144 Å². The molecule has 0 aliphatic carbocycles. The van der Waals surface area contributed by atoms with Gasteiger partial charge in [-0.3, -0.25) is 0 Å². The zero-order valence-corrected chi connectivity index (χ0v) is 22.6. The Morgan fingerprint density at radius 2 is 1.82 bits per heavy atom. The van der Waals surface area contributed by atoms with E-state index in [0.29, 0.717) is 16.6 Å². The van der Waals surface area contributed by atoms with Gasteiger partial charge in [0.1, 0.15) is 5.75 Å². The fraction of sp³-hybridized carbons (Fsp3) is 0.280. The molecule has 210 valence electrons. The Morgan fingerprint density at radius 3 is 2.36 bits per heavy atom. The van der Waals surface area contributed by atoms with Gasteiger partial charge in [0.15, 0.2) is 5.13 Å². The van der Waals surface area contributed by atoms with Gasteiger partial charge < -0.3 is 20.5 Å². The number of nitrogens with two attached hydrogens (primary N) is 1.